The summed E-state index contributed by atoms with van der Waals surface area (Å²) in [7, 11) is 1.46. The van der Waals surface area contributed by atoms with E-state index in [9.17, 15) is 9.59 Å². The van der Waals surface area contributed by atoms with Gasteiger partial charge in [0.1, 0.15) is 5.78 Å². The van der Waals surface area contributed by atoms with Crippen molar-refractivity contribution in [3.8, 4) is 0 Å². The number of methoxy groups -OCH3 is 1. The summed E-state index contributed by atoms with van der Waals surface area (Å²) in [6.07, 6.45) is 10.1. The van der Waals surface area contributed by atoms with Gasteiger partial charge in [0.25, 0.3) is 0 Å². The van der Waals surface area contributed by atoms with Crippen LogP contribution in [0.25, 0.3) is 0 Å². The van der Waals surface area contributed by atoms with Crippen LogP contribution in [-0.4, -0.2) is 18.9 Å². The third kappa shape index (κ3) is 7.72. The van der Waals surface area contributed by atoms with E-state index in [0.717, 1.165) is 6.42 Å². The zero-order chi connectivity index (χ0) is 22.2. The fraction of sp³-hybridized carbons (Fsp3) is 0.923. The molecule has 29 heavy (non-hydrogen) atoms. The number of esters is 1. The Labute approximate surface area is 180 Å². The fourth-order valence-electron chi connectivity index (χ4n) is 5.58. The number of carbonyl (C=O) groups is 2. The predicted octanol–water partition coefficient (Wildman–Crippen LogP) is 7.08. The highest BCUT2D eigenvalue weighted by Gasteiger charge is 2.62. The largest absolute Gasteiger partial charge is 0.469 e. The van der Waals surface area contributed by atoms with Crippen LogP contribution in [0, 0.1) is 40.9 Å². The first-order valence-electron chi connectivity index (χ1n) is 12.1. The van der Waals surface area contributed by atoms with E-state index in [4.69, 9.17) is 4.74 Å². The minimum Gasteiger partial charge on any atom is -0.469 e. The number of hydrogen-bond acceptors (Lipinski definition) is 3. The monoisotopic (exact) mass is 408 g/mol. The minimum atomic E-state index is -0.135. The molecular weight excluding hydrogens is 360 g/mol. The topological polar surface area (TPSA) is 43.4 Å². The average molecular weight is 409 g/mol. The van der Waals surface area contributed by atoms with Gasteiger partial charge >= 0.3 is 5.97 Å². The molecule has 3 nitrogen and oxygen atoms in total. The molecule has 0 amide bonds. The van der Waals surface area contributed by atoms with Crippen molar-refractivity contribution in [1.82, 2.24) is 0 Å². The smallest absolute Gasteiger partial charge is 0.305 e. The number of unbranched alkanes of at least 4 members (excludes halogenated alkanes) is 4. The third-order valence-electron chi connectivity index (χ3n) is 8.09. The van der Waals surface area contributed by atoms with Crippen LogP contribution in [0.3, 0.4) is 0 Å². The molecule has 6 atom stereocenters. The van der Waals surface area contributed by atoms with Crippen molar-refractivity contribution >= 4 is 11.8 Å². The molecule has 0 heterocycles. The highest BCUT2D eigenvalue weighted by Crippen LogP contribution is 2.66. The molecular formula is C26H48O3. The molecule has 0 aromatic carbocycles. The molecule has 0 N–H and O–H groups in total. The van der Waals surface area contributed by atoms with E-state index in [0.29, 0.717) is 42.4 Å². The molecule has 170 valence electrons. The molecule has 1 aliphatic carbocycles. The summed E-state index contributed by atoms with van der Waals surface area (Å²) in [6.45, 7) is 15.8. The van der Waals surface area contributed by atoms with E-state index in [-0.39, 0.29) is 23.1 Å². The van der Waals surface area contributed by atoms with Gasteiger partial charge in [0, 0.05) is 12.8 Å². The van der Waals surface area contributed by atoms with Crippen molar-refractivity contribution in [3.63, 3.8) is 0 Å². The van der Waals surface area contributed by atoms with Gasteiger partial charge in [0.15, 0.2) is 0 Å². The highest BCUT2D eigenvalue weighted by atomic mass is 16.5. The first-order chi connectivity index (χ1) is 13.6. The lowest BCUT2D eigenvalue weighted by atomic mass is 9.70. The second-order valence-corrected chi connectivity index (χ2v) is 10.6. The summed E-state index contributed by atoms with van der Waals surface area (Å²) in [5.41, 5.74) is 0.0874. The lowest BCUT2D eigenvalue weighted by molar-refractivity contribution is -0.141. The van der Waals surface area contributed by atoms with Gasteiger partial charge in [-0.05, 0) is 54.3 Å². The van der Waals surface area contributed by atoms with E-state index in [1.54, 1.807) is 6.92 Å². The molecule has 1 fully saturated rings. The minimum absolute atomic E-state index is 0.0874. The van der Waals surface area contributed by atoms with Crippen molar-refractivity contribution in [2.75, 3.05) is 7.11 Å². The van der Waals surface area contributed by atoms with Crippen LogP contribution in [0.2, 0.25) is 0 Å². The van der Waals surface area contributed by atoms with E-state index in [2.05, 4.69) is 41.5 Å². The van der Waals surface area contributed by atoms with Gasteiger partial charge in [0.05, 0.1) is 7.11 Å². The van der Waals surface area contributed by atoms with Crippen molar-refractivity contribution < 1.29 is 14.3 Å². The van der Waals surface area contributed by atoms with Crippen LogP contribution in [0.5, 0.6) is 0 Å². The van der Waals surface area contributed by atoms with Crippen LogP contribution < -0.4 is 0 Å². The van der Waals surface area contributed by atoms with Crippen LogP contribution >= 0.6 is 0 Å². The van der Waals surface area contributed by atoms with Crippen LogP contribution in [0.4, 0.5) is 0 Å². The van der Waals surface area contributed by atoms with Gasteiger partial charge in [-0.3, -0.25) is 4.79 Å². The maximum atomic E-state index is 12.0. The second kappa shape index (κ2) is 12.1. The maximum Gasteiger partial charge on any atom is 0.305 e. The summed E-state index contributed by atoms with van der Waals surface area (Å²) in [5, 5.41) is 0. The van der Waals surface area contributed by atoms with Gasteiger partial charge in [-0.1, -0.05) is 80.1 Å². The van der Waals surface area contributed by atoms with Crippen molar-refractivity contribution in [3.05, 3.63) is 0 Å². The Balaban J connectivity index is 2.86. The predicted molar refractivity (Wildman–Crippen MR) is 122 cm³/mol. The molecule has 0 radical (unpaired) electrons. The van der Waals surface area contributed by atoms with Crippen LogP contribution in [0.15, 0.2) is 0 Å². The van der Waals surface area contributed by atoms with Gasteiger partial charge in [-0.15, -0.1) is 0 Å². The average Bonchev–Trinajstić information content (AvgIpc) is 3.19. The van der Waals surface area contributed by atoms with Crippen LogP contribution in [-0.2, 0) is 14.3 Å². The van der Waals surface area contributed by atoms with Crippen LogP contribution in [0.1, 0.15) is 106 Å². The zero-order valence-corrected chi connectivity index (χ0v) is 20.6. The fourth-order valence-corrected chi connectivity index (χ4v) is 5.58. The van der Waals surface area contributed by atoms with E-state index >= 15 is 0 Å². The van der Waals surface area contributed by atoms with Crippen molar-refractivity contribution in [2.45, 2.75) is 106 Å². The lowest BCUT2D eigenvalue weighted by Crippen LogP contribution is -2.27. The number of ether oxygens (including phenoxy) is 1. The van der Waals surface area contributed by atoms with E-state index in [1.807, 2.05) is 0 Å². The Morgan fingerprint density at radius 2 is 1.55 bits per heavy atom. The summed E-state index contributed by atoms with van der Waals surface area (Å²) in [5.74, 6) is 3.35. The zero-order valence-electron chi connectivity index (χ0n) is 20.6. The Bertz CT molecular complexity index is 512. The standard InChI is InChI=1S/C26H48O3/c1-9-10-11-12-13-14-19(4)22(21(6)18(2)3)17-26(7)23(15-20(5)27)24(26)16-25(28)29-8/h18-19,21-24H,9-17H2,1-8H3. The van der Waals surface area contributed by atoms with Gasteiger partial charge in [-0.2, -0.15) is 0 Å². The van der Waals surface area contributed by atoms with Gasteiger partial charge in [-0.25, -0.2) is 0 Å². The molecule has 0 bridgehead atoms. The SMILES string of the molecule is CCCCCCCC(C)C(CC1(C)C(CC(C)=O)C1CC(=O)OC)C(C)C(C)C. The summed E-state index contributed by atoms with van der Waals surface area (Å²) in [6, 6.07) is 0. The Kier molecular flexibility index (Phi) is 10.9. The normalized spacial score (nSPS) is 26.8. The summed E-state index contributed by atoms with van der Waals surface area (Å²) in [4.78, 5) is 23.8. The quantitative estimate of drug-likeness (QED) is 0.215. The molecule has 6 unspecified atom stereocenters. The number of ketones is 1. The highest BCUT2D eigenvalue weighted by molar-refractivity contribution is 5.77. The number of carbonyl (C=O) groups excluding carboxylic acids is 2. The Morgan fingerprint density at radius 1 is 0.966 bits per heavy atom. The van der Waals surface area contributed by atoms with E-state index in [1.165, 1.54) is 45.6 Å². The molecule has 1 aliphatic rings. The molecule has 0 aliphatic heterocycles. The molecule has 1 rings (SSSR count). The Hall–Kier alpha value is -0.860. The van der Waals surface area contributed by atoms with E-state index < -0.39 is 0 Å². The number of rotatable bonds is 15. The number of Topliss-reactive ketones (excluding diaryl/α,β-unsaturated/α-hetero) is 1. The van der Waals surface area contributed by atoms with Crippen molar-refractivity contribution in [2.24, 2.45) is 40.9 Å². The molecule has 1 saturated carbocycles. The van der Waals surface area contributed by atoms with Gasteiger partial charge < -0.3 is 9.53 Å². The second-order valence-electron chi connectivity index (χ2n) is 10.6. The first kappa shape index (κ1) is 26.2. The lowest BCUT2D eigenvalue weighted by Gasteiger charge is -2.35. The third-order valence-corrected chi connectivity index (χ3v) is 8.09. The Morgan fingerprint density at radius 3 is 2.07 bits per heavy atom. The molecule has 0 saturated heterocycles. The molecule has 0 aromatic rings. The maximum absolute atomic E-state index is 12.0. The number of hydrogen-bond donors (Lipinski definition) is 0. The molecule has 3 heteroatoms. The van der Waals surface area contributed by atoms with Crippen molar-refractivity contribution in [1.29, 1.82) is 0 Å². The summed E-state index contributed by atoms with van der Waals surface area (Å²) < 4.78 is 4.95. The van der Waals surface area contributed by atoms with Gasteiger partial charge in [0.2, 0.25) is 0 Å². The molecule has 0 aromatic heterocycles. The molecule has 0 spiro atoms. The first-order valence-corrected chi connectivity index (χ1v) is 12.1. The summed E-state index contributed by atoms with van der Waals surface area (Å²) >= 11 is 0.